The number of carbonyl (C=O) groups is 1. The molecule has 1 aliphatic rings. The number of pyridine rings is 3. The van der Waals surface area contributed by atoms with Crippen molar-refractivity contribution in [3.63, 3.8) is 0 Å². The Kier molecular flexibility index (Phi) is 4.46. The van der Waals surface area contributed by atoms with E-state index in [-0.39, 0.29) is 5.82 Å². The van der Waals surface area contributed by atoms with E-state index in [1.807, 2.05) is 22.9 Å². The molecule has 1 atom stereocenters. The van der Waals surface area contributed by atoms with Crippen molar-refractivity contribution in [2.24, 2.45) is 5.92 Å². The van der Waals surface area contributed by atoms with E-state index < -0.39 is 24.2 Å². The minimum Gasteiger partial charge on any atom is -0.310 e. The van der Waals surface area contributed by atoms with Crippen LogP contribution in [0.25, 0.3) is 27.7 Å². The fourth-order valence-corrected chi connectivity index (χ4v) is 3.95. The molecule has 0 spiro atoms. The van der Waals surface area contributed by atoms with Crippen LogP contribution in [-0.2, 0) is 11.2 Å². The van der Waals surface area contributed by atoms with Gasteiger partial charge >= 0.3 is 0 Å². The van der Waals surface area contributed by atoms with Crippen molar-refractivity contribution in [1.29, 1.82) is 0 Å². The van der Waals surface area contributed by atoms with Crippen molar-refractivity contribution in [1.82, 2.24) is 19.4 Å². The van der Waals surface area contributed by atoms with Gasteiger partial charge < -0.3 is 5.32 Å². The zero-order valence-electron chi connectivity index (χ0n) is 17.2. The molecule has 6 nitrogen and oxygen atoms in total. The van der Waals surface area contributed by atoms with Crippen LogP contribution in [0, 0.1) is 12.8 Å². The largest absolute Gasteiger partial charge is 0.310 e. The molecule has 1 fully saturated rings. The smallest absolute Gasteiger partial charge is 0.260 e. The molecule has 1 N–H and O–H groups in total. The highest BCUT2D eigenvalue weighted by atomic mass is 19.3. The van der Waals surface area contributed by atoms with Crippen LogP contribution in [0.5, 0.6) is 0 Å². The second kappa shape index (κ2) is 7.08. The van der Waals surface area contributed by atoms with E-state index in [1.54, 1.807) is 18.5 Å². The molecular formula is C23H21F2N5O. The van der Waals surface area contributed by atoms with Crippen molar-refractivity contribution in [2.75, 3.05) is 5.32 Å². The third kappa shape index (κ3) is 3.41. The van der Waals surface area contributed by atoms with E-state index in [2.05, 4.69) is 40.2 Å². The average Bonchev–Trinajstić information content (AvgIpc) is 3.13. The topological polar surface area (TPSA) is 72.2 Å². The fraction of sp³-hybridized carbons (Fsp3) is 0.304. The Morgan fingerprint density at radius 1 is 1.23 bits per heavy atom. The maximum absolute atomic E-state index is 13.2. The van der Waals surface area contributed by atoms with E-state index in [0.29, 0.717) is 5.65 Å². The number of hydrogen-bond acceptors (Lipinski definition) is 4. The fourth-order valence-electron chi connectivity index (χ4n) is 3.95. The van der Waals surface area contributed by atoms with Gasteiger partial charge in [0.15, 0.2) is 0 Å². The second-order valence-electron chi connectivity index (χ2n) is 8.05. The molecule has 4 aromatic rings. The van der Waals surface area contributed by atoms with Crippen LogP contribution in [0.2, 0.25) is 0 Å². The van der Waals surface area contributed by atoms with Gasteiger partial charge in [-0.3, -0.25) is 14.2 Å². The van der Waals surface area contributed by atoms with Gasteiger partial charge in [-0.2, -0.15) is 0 Å². The summed E-state index contributed by atoms with van der Waals surface area (Å²) in [6.07, 6.45) is 8.65. The second-order valence-corrected chi connectivity index (χ2v) is 8.05. The number of aryl methyl sites for hydroxylation is 2. The van der Waals surface area contributed by atoms with Crippen LogP contribution in [0.1, 0.15) is 31.0 Å². The lowest BCUT2D eigenvalue weighted by atomic mass is 10.0. The summed E-state index contributed by atoms with van der Waals surface area (Å²) in [7, 11) is 0. The van der Waals surface area contributed by atoms with Crippen LogP contribution < -0.4 is 5.32 Å². The number of amides is 1. The Bertz CT molecular complexity index is 1330. The summed E-state index contributed by atoms with van der Waals surface area (Å²) in [5.41, 5.74) is 4.81. The number of halogens is 2. The summed E-state index contributed by atoms with van der Waals surface area (Å²) in [5.74, 6) is -4.66. The third-order valence-corrected chi connectivity index (χ3v) is 5.71. The molecular weight excluding hydrogens is 400 g/mol. The van der Waals surface area contributed by atoms with E-state index in [1.165, 1.54) is 0 Å². The predicted molar refractivity (Wildman–Crippen MR) is 114 cm³/mol. The van der Waals surface area contributed by atoms with Gasteiger partial charge in [-0.1, -0.05) is 13.3 Å². The number of nitrogens with one attached hydrogen (secondary N) is 1. The van der Waals surface area contributed by atoms with Gasteiger partial charge in [-0.25, -0.2) is 18.7 Å². The summed E-state index contributed by atoms with van der Waals surface area (Å²) in [5, 5.41) is 4.11. The maximum atomic E-state index is 13.2. The first-order valence-electron chi connectivity index (χ1n) is 10.3. The van der Waals surface area contributed by atoms with Gasteiger partial charge in [0.25, 0.3) is 5.92 Å². The van der Waals surface area contributed by atoms with Crippen molar-refractivity contribution in [3.8, 4) is 11.3 Å². The number of fused-ring (bicyclic) bond motifs is 3. The Morgan fingerprint density at radius 2 is 2.03 bits per heavy atom. The number of rotatable bonds is 5. The summed E-state index contributed by atoms with van der Waals surface area (Å²) >= 11 is 0. The van der Waals surface area contributed by atoms with Gasteiger partial charge in [0.2, 0.25) is 5.91 Å². The summed E-state index contributed by atoms with van der Waals surface area (Å²) in [6, 6.07) is 5.78. The van der Waals surface area contributed by atoms with Gasteiger partial charge in [-0.15, -0.1) is 0 Å². The van der Waals surface area contributed by atoms with E-state index in [0.717, 1.165) is 46.1 Å². The monoisotopic (exact) mass is 421 g/mol. The average molecular weight is 421 g/mol. The Balaban J connectivity index is 1.56. The van der Waals surface area contributed by atoms with Crippen LogP contribution in [-0.4, -0.2) is 31.2 Å². The first kappa shape index (κ1) is 19.5. The first-order valence-corrected chi connectivity index (χ1v) is 10.3. The number of imidazole rings is 1. The van der Waals surface area contributed by atoms with Gasteiger partial charge in [0, 0.05) is 53.2 Å². The van der Waals surface area contributed by atoms with Crippen LogP contribution in [0.15, 0.2) is 43.0 Å². The van der Waals surface area contributed by atoms with Gasteiger partial charge in [0.05, 0.1) is 5.69 Å². The summed E-state index contributed by atoms with van der Waals surface area (Å²) < 4.78 is 28.3. The molecule has 1 unspecified atom stereocenters. The van der Waals surface area contributed by atoms with Gasteiger partial charge in [-0.05, 0) is 37.1 Å². The lowest BCUT2D eigenvalue weighted by Gasteiger charge is -2.13. The van der Waals surface area contributed by atoms with Crippen LogP contribution >= 0.6 is 0 Å². The summed E-state index contributed by atoms with van der Waals surface area (Å²) in [6.45, 7) is 4.19. The molecule has 1 amide bonds. The SMILES string of the molecule is CCCc1cc(C)c(-c2cc3cnc(NC(=O)C4CC4(F)F)cc3c3nccn23)cn1. The molecule has 0 aromatic carbocycles. The van der Waals surface area contributed by atoms with Crippen molar-refractivity contribution in [2.45, 2.75) is 39.0 Å². The lowest BCUT2D eigenvalue weighted by Crippen LogP contribution is -2.18. The quantitative estimate of drug-likeness (QED) is 0.503. The van der Waals surface area contributed by atoms with Crippen LogP contribution in [0.3, 0.4) is 0 Å². The lowest BCUT2D eigenvalue weighted by molar-refractivity contribution is -0.119. The number of alkyl halides is 2. The van der Waals surface area contributed by atoms with Crippen LogP contribution in [0.4, 0.5) is 14.6 Å². The highest BCUT2D eigenvalue weighted by Gasteiger charge is 2.61. The standard InChI is InChI=1S/C23H21F2N5O/c1-3-4-15-7-13(2)17(12-27-15)19-8-14-11-28-20(29-22(31)18-10-23(18,24)25)9-16(14)21-26-5-6-30(19)21/h5-9,11-12,18H,3-4,10H2,1-2H3,(H,28,29,31). The zero-order valence-corrected chi connectivity index (χ0v) is 17.2. The Morgan fingerprint density at radius 3 is 2.74 bits per heavy atom. The molecule has 0 bridgehead atoms. The number of hydrogen-bond donors (Lipinski definition) is 1. The van der Waals surface area contributed by atoms with Gasteiger partial charge in [0.1, 0.15) is 17.4 Å². The molecule has 5 rings (SSSR count). The number of anilines is 1. The molecule has 0 radical (unpaired) electrons. The number of aromatic nitrogens is 4. The molecule has 8 heteroatoms. The first-order chi connectivity index (χ1) is 14.9. The minimum absolute atomic E-state index is 0.236. The predicted octanol–water partition coefficient (Wildman–Crippen LogP) is 4.80. The maximum Gasteiger partial charge on any atom is 0.260 e. The van der Waals surface area contributed by atoms with Crippen molar-refractivity contribution < 1.29 is 13.6 Å². The Hall–Kier alpha value is -3.42. The molecule has 0 aliphatic heterocycles. The molecule has 158 valence electrons. The van der Waals surface area contributed by atoms with E-state index in [4.69, 9.17) is 0 Å². The molecule has 4 heterocycles. The third-order valence-electron chi connectivity index (χ3n) is 5.71. The molecule has 0 saturated heterocycles. The number of nitrogens with zero attached hydrogens (tertiary/aromatic N) is 4. The van der Waals surface area contributed by atoms with Crippen molar-refractivity contribution >= 4 is 28.1 Å². The Labute approximate surface area is 177 Å². The molecule has 31 heavy (non-hydrogen) atoms. The molecule has 1 aliphatic carbocycles. The van der Waals surface area contributed by atoms with E-state index in [9.17, 15) is 13.6 Å². The summed E-state index contributed by atoms with van der Waals surface area (Å²) in [4.78, 5) is 25.4. The number of carbonyl (C=O) groups excluding carboxylic acids is 1. The normalized spacial score (nSPS) is 17.2. The highest BCUT2D eigenvalue weighted by molar-refractivity contribution is 6.00. The highest BCUT2D eigenvalue weighted by Crippen LogP contribution is 2.49. The van der Waals surface area contributed by atoms with E-state index >= 15 is 0 Å². The van der Waals surface area contributed by atoms with Crippen molar-refractivity contribution in [3.05, 3.63) is 54.2 Å². The molecule has 4 aromatic heterocycles. The molecule has 1 saturated carbocycles. The minimum atomic E-state index is -2.91. The zero-order chi connectivity index (χ0) is 21.8.